The first-order valence-electron chi connectivity index (χ1n) is 6.16. The van der Waals surface area contributed by atoms with Gasteiger partial charge in [-0.15, -0.1) is 0 Å². The maximum Gasteiger partial charge on any atom is 0.243 e. The van der Waals surface area contributed by atoms with Crippen LogP contribution < -0.4 is 10.5 Å². The third-order valence-electron chi connectivity index (χ3n) is 3.32. The van der Waals surface area contributed by atoms with Gasteiger partial charge in [0.05, 0.1) is 12.3 Å². The number of anilines is 1. The van der Waals surface area contributed by atoms with E-state index in [1.54, 1.807) is 12.1 Å². The second-order valence-corrected chi connectivity index (χ2v) is 8.26. The number of rotatable bonds is 4. The van der Waals surface area contributed by atoms with Crippen LogP contribution in [0.1, 0.15) is 13.3 Å². The van der Waals surface area contributed by atoms with E-state index >= 15 is 0 Å². The fraction of sp³-hybridized carbons (Fsp3) is 0.500. The fourth-order valence-corrected chi connectivity index (χ4v) is 5.59. The molecule has 0 amide bonds. The molecule has 112 valence electrons. The molecule has 0 radical (unpaired) electrons. The Morgan fingerprint density at radius 2 is 2.15 bits per heavy atom. The second kappa shape index (κ2) is 6.31. The van der Waals surface area contributed by atoms with Crippen molar-refractivity contribution >= 4 is 47.6 Å². The summed E-state index contributed by atoms with van der Waals surface area (Å²) in [5, 5.41) is 0. The number of sulfonamides is 1. The van der Waals surface area contributed by atoms with E-state index < -0.39 is 10.0 Å². The fourth-order valence-electron chi connectivity index (χ4n) is 2.21. The van der Waals surface area contributed by atoms with E-state index in [4.69, 9.17) is 10.5 Å². The van der Waals surface area contributed by atoms with Crippen molar-refractivity contribution in [3.8, 4) is 0 Å². The maximum absolute atomic E-state index is 12.5. The molecule has 1 aromatic rings. The van der Waals surface area contributed by atoms with Crippen LogP contribution in [0.5, 0.6) is 0 Å². The Labute approximate surface area is 135 Å². The highest BCUT2D eigenvalue weighted by Gasteiger charge is 2.29. The van der Waals surface area contributed by atoms with E-state index in [9.17, 15) is 8.42 Å². The third-order valence-corrected chi connectivity index (χ3v) is 6.34. The molecule has 2 rings (SSSR count). The van der Waals surface area contributed by atoms with Crippen LogP contribution in [0.4, 0.5) is 5.69 Å². The first-order chi connectivity index (χ1) is 9.31. The van der Waals surface area contributed by atoms with Gasteiger partial charge in [0.2, 0.25) is 10.0 Å². The van der Waals surface area contributed by atoms with E-state index in [1.165, 1.54) is 0 Å². The Balaban J connectivity index is 2.26. The van der Waals surface area contributed by atoms with Gasteiger partial charge in [-0.1, -0.05) is 15.9 Å². The summed E-state index contributed by atoms with van der Waals surface area (Å²) in [7, 11) is -3.67. The molecule has 0 bridgehead atoms. The zero-order valence-corrected chi connectivity index (χ0v) is 14.9. The molecule has 1 aliphatic heterocycles. The number of ether oxygens (including phenoxy) is 1. The van der Waals surface area contributed by atoms with Gasteiger partial charge in [0.1, 0.15) is 4.90 Å². The van der Waals surface area contributed by atoms with Crippen molar-refractivity contribution in [1.29, 1.82) is 0 Å². The van der Waals surface area contributed by atoms with Crippen molar-refractivity contribution in [2.24, 2.45) is 5.92 Å². The van der Waals surface area contributed by atoms with E-state index in [-0.39, 0.29) is 22.5 Å². The highest BCUT2D eigenvalue weighted by atomic mass is 79.9. The third kappa shape index (κ3) is 3.54. The van der Waals surface area contributed by atoms with E-state index in [2.05, 4.69) is 36.6 Å². The number of halogens is 2. The molecule has 20 heavy (non-hydrogen) atoms. The molecular weight excluding hydrogens is 412 g/mol. The summed E-state index contributed by atoms with van der Waals surface area (Å²) in [6.07, 6.45) is 0.862. The molecule has 0 spiro atoms. The zero-order valence-electron chi connectivity index (χ0n) is 10.9. The average molecular weight is 428 g/mol. The van der Waals surface area contributed by atoms with Crippen LogP contribution in [0.15, 0.2) is 26.0 Å². The van der Waals surface area contributed by atoms with E-state index in [0.29, 0.717) is 17.7 Å². The number of benzene rings is 1. The Kier molecular flexibility index (Phi) is 5.12. The average Bonchev–Trinajstić information content (AvgIpc) is 2.78. The number of hydrogen-bond acceptors (Lipinski definition) is 4. The molecule has 2 unspecified atom stereocenters. The predicted molar refractivity (Wildman–Crippen MR) is 85.0 cm³/mol. The van der Waals surface area contributed by atoms with Gasteiger partial charge in [-0.2, -0.15) is 0 Å². The number of hydrogen-bond donors (Lipinski definition) is 2. The van der Waals surface area contributed by atoms with Gasteiger partial charge < -0.3 is 10.5 Å². The van der Waals surface area contributed by atoms with Gasteiger partial charge in [0.25, 0.3) is 0 Å². The Morgan fingerprint density at radius 3 is 2.70 bits per heavy atom. The lowest BCUT2D eigenvalue weighted by Gasteiger charge is -2.20. The standard InChI is InChI=1S/C12H16Br2N2O3S/c1-7(8-2-3-19-6-8)16-20(17,18)12-10(14)4-9(13)5-11(12)15/h4-5,7-8,16H,2-3,6,15H2,1H3. The molecule has 5 nitrogen and oxygen atoms in total. The van der Waals surface area contributed by atoms with Crippen LogP contribution in [0.2, 0.25) is 0 Å². The summed E-state index contributed by atoms with van der Waals surface area (Å²) in [6.45, 7) is 3.11. The Bertz CT molecular complexity index is 578. The minimum Gasteiger partial charge on any atom is -0.398 e. The number of nitrogens with one attached hydrogen (secondary N) is 1. The lowest BCUT2D eigenvalue weighted by atomic mass is 10.0. The normalized spacial score (nSPS) is 21.1. The molecule has 1 fully saturated rings. The van der Waals surface area contributed by atoms with Gasteiger partial charge in [-0.3, -0.25) is 0 Å². The number of nitrogen functional groups attached to an aromatic ring is 1. The lowest BCUT2D eigenvalue weighted by molar-refractivity contribution is 0.180. The topological polar surface area (TPSA) is 81.4 Å². The quantitative estimate of drug-likeness (QED) is 0.723. The number of nitrogens with two attached hydrogens (primary N) is 1. The zero-order chi connectivity index (χ0) is 14.9. The van der Waals surface area contributed by atoms with Crippen molar-refractivity contribution in [3.63, 3.8) is 0 Å². The van der Waals surface area contributed by atoms with Crippen molar-refractivity contribution < 1.29 is 13.2 Å². The molecular formula is C12H16Br2N2O3S. The smallest absolute Gasteiger partial charge is 0.243 e. The minimum absolute atomic E-state index is 0.0754. The van der Waals surface area contributed by atoms with E-state index in [0.717, 1.165) is 10.9 Å². The second-order valence-electron chi connectivity index (χ2n) is 4.84. The van der Waals surface area contributed by atoms with Crippen LogP contribution in [0.25, 0.3) is 0 Å². The van der Waals surface area contributed by atoms with Gasteiger partial charge in [-0.05, 0) is 41.4 Å². The van der Waals surface area contributed by atoms with Gasteiger partial charge in [0.15, 0.2) is 0 Å². The molecule has 1 saturated heterocycles. The van der Waals surface area contributed by atoms with Crippen molar-refractivity contribution in [2.45, 2.75) is 24.3 Å². The van der Waals surface area contributed by atoms with Crippen LogP contribution in [0, 0.1) is 5.92 Å². The first-order valence-corrected chi connectivity index (χ1v) is 9.23. The van der Waals surface area contributed by atoms with E-state index in [1.807, 2.05) is 6.92 Å². The van der Waals surface area contributed by atoms with Crippen LogP contribution in [-0.2, 0) is 14.8 Å². The highest BCUT2D eigenvalue weighted by molar-refractivity contribution is 9.11. The minimum atomic E-state index is -3.67. The molecule has 3 N–H and O–H groups in total. The summed E-state index contributed by atoms with van der Waals surface area (Å²) in [5.41, 5.74) is 6.04. The summed E-state index contributed by atoms with van der Waals surface area (Å²) in [6, 6.07) is 3.04. The SMILES string of the molecule is CC(NS(=O)(=O)c1c(N)cc(Br)cc1Br)C1CCOC1. The molecule has 0 saturated carbocycles. The van der Waals surface area contributed by atoms with Crippen molar-refractivity contribution in [2.75, 3.05) is 18.9 Å². The van der Waals surface area contributed by atoms with Gasteiger partial charge in [0, 0.05) is 27.5 Å². The summed E-state index contributed by atoms with van der Waals surface area (Å²) in [4.78, 5) is 0.0754. The predicted octanol–water partition coefficient (Wildman–Crippen LogP) is 2.50. The van der Waals surface area contributed by atoms with Crippen LogP contribution in [-0.4, -0.2) is 27.7 Å². The molecule has 8 heteroatoms. The molecule has 0 aliphatic carbocycles. The van der Waals surface area contributed by atoms with Crippen LogP contribution in [0.3, 0.4) is 0 Å². The molecule has 1 aliphatic rings. The Morgan fingerprint density at radius 1 is 1.45 bits per heavy atom. The molecule has 0 aromatic heterocycles. The van der Waals surface area contributed by atoms with Gasteiger partial charge in [-0.25, -0.2) is 13.1 Å². The van der Waals surface area contributed by atoms with Crippen LogP contribution >= 0.6 is 31.9 Å². The maximum atomic E-state index is 12.5. The summed E-state index contributed by atoms with van der Waals surface area (Å²) in [5.74, 6) is 0.195. The molecule has 1 heterocycles. The highest BCUT2D eigenvalue weighted by Crippen LogP contribution is 2.32. The largest absolute Gasteiger partial charge is 0.398 e. The Hall–Kier alpha value is -0.150. The summed E-state index contributed by atoms with van der Waals surface area (Å²) < 4.78 is 34.1. The molecule has 1 aromatic carbocycles. The monoisotopic (exact) mass is 426 g/mol. The van der Waals surface area contributed by atoms with Crippen molar-refractivity contribution in [1.82, 2.24) is 4.72 Å². The lowest BCUT2D eigenvalue weighted by Crippen LogP contribution is -2.38. The first kappa shape index (κ1) is 16.2. The molecule has 2 atom stereocenters. The van der Waals surface area contributed by atoms with Crippen molar-refractivity contribution in [3.05, 3.63) is 21.1 Å². The van der Waals surface area contributed by atoms with Gasteiger partial charge >= 0.3 is 0 Å². The summed E-state index contributed by atoms with van der Waals surface area (Å²) >= 11 is 6.53.